The van der Waals surface area contributed by atoms with Gasteiger partial charge in [-0.1, -0.05) is 25.1 Å². The molecule has 0 aromatic heterocycles. The summed E-state index contributed by atoms with van der Waals surface area (Å²) in [5, 5.41) is 0. The number of esters is 1. The smallest absolute Gasteiger partial charge is 0.343 e. The molecule has 78 valence electrons. The van der Waals surface area contributed by atoms with Gasteiger partial charge in [-0.3, -0.25) is 4.79 Å². The molecule has 0 radical (unpaired) electrons. The molecular weight excluding hydrogens is 192 g/mol. The largest absolute Gasteiger partial charge is 0.427 e. The van der Waals surface area contributed by atoms with Crippen molar-refractivity contribution in [3.05, 3.63) is 47.7 Å². The number of carbonyl (C=O) groups excluding carboxylic acids is 2. The van der Waals surface area contributed by atoms with Gasteiger partial charge < -0.3 is 4.74 Å². The highest BCUT2D eigenvalue weighted by molar-refractivity contribution is 5.90. The number of aldehydes is 1. The average Bonchev–Trinajstić information content (AvgIpc) is 2.29. The van der Waals surface area contributed by atoms with Crippen molar-refractivity contribution in [2.45, 2.75) is 13.3 Å². The number of carbonyl (C=O) groups is 2. The van der Waals surface area contributed by atoms with Gasteiger partial charge in [-0.25, -0.2) is 4.79 Å². The topological polar surface area (TPSA) is 43.4 Å². The Morgan fingerprint density at radius 2 is 2.00 bits per heavy atom. The maximum atomic E-state index is 11.5. The van der Waals surface area contributed by atoms with E-state index in [4.69, 9.17) is 4.74 Å². The Morgan fingerprint density at radius 1 is 1.33 bits per heavy atom. The summed E-state index contributed by atoms with van der Waals surface area (Å²) in [4.78, 5) is 21.7. The Kier molecular flexibility index (Phi) is 4.29. The van der Waals surface area contributed by atoms with Gasteiger partial charge >= 0.3 is 5.97 Å². The summed E-state index contributed by atoms with van der Waals surface area (Å²) in [6, 6.07) is 8.66. The fraction of sp³-hybridized carbons (Fsp3) is 0.167. The van der Waals surface area contributed by atoms with E-state index in [-0.39, 0.29) is 0 Å². The van der Waals surface area contributed by atoms with Crippen LogP contribution in [0.5, 0.6) is 0 Å². The van der Waals surface area contributed by atoms with Crippen molar-refractivity contribution in [1.29, 1.82) is 0 Å². The molecule has 0 aliphatic carbocycles. The second kappa shape index (κ2) is 5.75. The molecule has 0 aliphatic heterocycles. The highest BCUT2D eigenvalue weighted by atomic mass is 16.5. The zero-order valence-corrected chi connectivity index (χ0v) is 8.47. The lowest BCUT2D eigenvalue weighted by Crippen LogP contribution is -2.04. The summed E-state index contributed by atoms with van der Waals surface area (Å²) in [5.41, 5.74) is 0.475. The molecule has 15 heavy (non-hydrogen) atoms. The normalized spacial score (nSPS) is 10.9. The fourth-order valence-electron chi connectivity index (χ4n) is 1.05. The van der Waals surface area contributed by atoms with Crippen molar-refractivity contribution >= 4 is 12.3 Å². The minimum atomic E-state index is -0.439. The van der Waals surface area contributed by atoms with Crippen LogP contribution in [0.3, 0.4) is 0 Å². The van der Waals surface area contributed by atoms with E-state index < -0.39 is 5.97 Å². The highest BCUT2D eigenvalue weighted by Crippen LogP contribution is 2.08. The van der Waals surface area contributed by atoms with Crippen LogP contribution in [0.4, 0.5) is 0 Å². The van der Waals surface area contributed by atoms with E-state index in [2.05, 4.69) is 0 Å². The van der Waals surface area contributed by atoms with Crippen LogP contribution in [0, 0.1) is 0 Å². The summed E-state index contributed by atoms with van der Waals surface area (Å²) in [6.07, 6.45) is 2.37. The van der Waals surface area contributed by atoms with Gasteiger partial charge in [-0.2, -0.15) is 0 Å². The van der Waals surface area contributed by atoms with Crippen LogP contribution in [0.15, 0.2) is 42.2 Å². The van der Waals surface area contributed by atoms with E-state index in [1.54, 1.807) is 24.3 Å². The van der Waals surface area contributed by atoms with Gasteiger partial charge in [0.2, 0.25) is 0 Å². The van der Waals surface area contributed by atoms with Crippen LogP contribution in [0.2, 0.25) is 0 Å². The van der Waals surface area contributed by atoms with Crippen LogP contribution in [-0.4, -0.2) is 12.3 Å². The van der Waals surface area contributed by atoms with E-state index in [0.717, 1.165) is 0 Å². The standard InChI is InChI=1S/C12H12O3/c1-2-11(8-9-13)15-12(14)10-6-4-3-5-7-10/h3-9H,2H2,1H3. The third-order valence-corrected chi connectivity index (χ3v) is 1.84. The molecule has 1 rings (SSSR count). The molecule has 0 unspecified atom stereocenters. The Labute approximate surface area is 88.4 Å². The third-order valence-electron chi connectivity index (χ3n) is 1.84. The molecule has 3 heteroatoms. The molecule has 0 saturated carbocycles. The summed E-state index contributed by atoms with van der Waals surface area (Å²) in [5.74, 6) is -0.0654. The molecule has 0 spiro atoms. The summed E-state index contributed by atoms with van der Waals surface area (Å²) in [7, 11) is 0. The van der Waals surface area contributed by atoms with E-state index in [9.17, 15) is 9.59 Å². The molecule has 0 atom stereocenters. The first kappa shape index (κ1) is 11.2. The van der Waals surface area contributed by atoms with E-state index in [1.807, 2.05) is 13.0 Å². The number of hydrogen-bond acceptors (Lipinski definition) is 3. The summed E-state index contributed by atoms with van der Waals surface area (Å²) in [6.45, 7) is 1.81. The van der Waals surface area contributed by atoms with Crippen LogP contribution in [0.25, 0.3) is 0 Å². The van der Waals surface area contributed by atoms with Crippen molar-refractivity contribution < 1.29 is 14.3 Å². The molecule has 1 aromatic carbocycles. The number of allylic oxidation sites excluding steroid dienone is 2. The molecule has 0 bridgehead atoms. The van der Waals surface area contributed by atoms with Crippen molar-refractivity contribution in [3.63, 3.8) is 0 Å². The molecular formula is C12H12O3. The molecule has 0 saturated heterocycles. The van der Waals surface area contributed by atoms with Crippen molar-refractivity contribution in [1.82, 2.24) is 0 Å². The Hall–Kier alpha value is -1.90. The highest BCUT2D eigenvalue weighted by Gasteiger charge is 2.07. The first-order valence-electron chi connectivity index (χ1n) is 4.69. The molecule has 0 aliphatic rings. The van der Waals surface area contributed by atoms with E-state index in [0.29, 0.717) is 24.0 Å². The Balaban J connectivity index is 2.71. The van der Waals surface area contributed by atoms with Crippen molar-refractivity contribution in [3.8, 4) is 0 Å². The Bertz CT molecular complexity index is 366. The summed E-state index contributed by atoms with van der Waals surface area (Å²) < 4.78 is 5.02. The number of ether oxygens (including phenoxy) is 1. The van der Waals surface area contributed by atoms with Gasteiger partial charge in [0.25, 0.3) is 0 Å². The van der Waals surface area contributed by atoms with Gasteiger partial charge in [0, 0.05) is 12.5 Å². The van der Waals surface area contributed by atoms with Gasteiger partial charge in [-0.15, -0.1) is 0 Å². The maximum Gasteiger partial charge on any atom is 0.343 e. The lowest BCUT2D eigenvalue weighted by atomic mass is 10.2. The van der Waals surface area contributed by atoms with Crippen LogP contribution in [0.1, 0.15) is 23.7 Å². The predicted molar refractivity (Wildman–Crippen MR) is 56.3 cm³/mol. The van der Waals surface area contributed by atoms with E-state index >= 15 is 0 Å². The molecule has 1 aromatic rings. The second-order valence-electron chi connectivity index (χ2n) is 2.88. The van der Waals surface area contributed by atoms with Gasteiger partial charge in [0.05, 0.1) is 5.56 Å². The van der Waals surface area contributed by atoms with Gasteiger partial charge in [0.15, 0.2) is 0 Å². The third kappa shape index (κ3) is 3.38. The average molecular weight is 204 g/mol. The van der Waals surface area contributed by atoms with Gasteiger partial charge in [0.1, 0.15) is 12.0 Å². The maximum absolute atomic E-state index is 11.5. The first-order valence-corrected chi connectivity index (χ1v) is 4.69. The van der Waals surface area contributed by atoms with E-state index in [1.165, 1.54) is 6.08 Å². The summed E-state index contributed by atoms with van der Waals surface area (Å²) >= 11 is 0. The SMILES string of the molecule is CCC(=CC=O)OC(=O)c1ccccc1. The number of hydrogen-bond donors (Lipinski definition) is 0. The molecule has 3 nitrogen and oxygen atoms in total. The second-order valence-corrected chi connectivity index (χ2v) is 2.88. The first-order chi connectivity index (χ1) is 7.27. The van der Waals surface area contributed by atoms with Crippen molar-refractivity contribution in [2.75, 3.05) is 0 Å². The van der Waals surface area contributed by atoms with Crippen LogP contribution < -0.4 is 0 Å². The minimum absolute atomic E-state index is 0.374. The molecule has 0 amide bonds. The Morgan fingerprint density at radius 3 is 2.53 bits per heavy atom. The minimum Gasteiger partial charge on any atom is -0.427 e. The van der Waals surface area contributed by atoms with Crippen LogP contribution in [-0.2, 0) is 9.53 Å². The monoisotopic (exact) mass is 204 g/mol. The quantitative estimate of drug-likeness (QED) is 0.327. The molecule has 0 heterocycles. The zero-order chi connectivity index (χ0) is 11.1. The predicted octanol–water partition coefficient (Wildman–Crippen LogP) is 2.34. The lowest BCUT2D eigenvalue weighted by Gasteiger charge is -2.05. The molecule has 0 N–H and O–H groups in total. The zero-order valence-electron chi connectivity index (χ0n) is 8.47. The number of rotatable bonds is 4. The molecule has 0 fully saturated rings. The van der Waals surface area contributed by atoms with Crippen molar-refractivity contribution in [2.24, 2.45) is 0 Å². The van der Waals surface area contributed by atoms with Crippen LogP contribution >= 0.6 is 0 Å². The van der Waals surface area contributed by atoms with Gasteiger partial charge in [-0.05, 0) is 12.1 Å². The number of benzene rings is 1. The lowest BCUT2D eigenvalue weighted by molar-refractivity contribution is -0.104. The fourth-order valence-corrected chi connectivity index (χ4v) is 1.05.